The van der Waals surface area contributed by atoms with Crippen LogP contribution in [0.15, 0.2) is 36.4 Å². The molecule has 0 radical (unpaired) electrons. The highest BCUT2D eigenvalue weighted by molar-refractivity contribution is 7.91. The molecular weight excluding hydrogens is 642 g/mol. The van der Waals surface area contributed by atoms with E-state index in [0.29, 0.717) is 56.0 Å². The van der Waals surface area contributed by atoms with Crippen molar-refractivity contribution >= 4 is 50.4 Å². The lowest BCUT2D eigenvalue weighted by atomic mass is 9.62. The van der Waals surface area contributed by atoms with Crippen LogP contribution in [0, 0.1) is 17.8 Å². The number of thiocarbonyl (C=S) groups is 1. The van der Waals surface area contributed by atoms with Crippen molar-refractivity contribution in [1.82, 2.24) is 9.62 Å². The van der Waals surface area contributed by atoms with Crippen LogP contribution in [0.25, 0.3) is 0 Å². The van der Waals surface area contributed by atoms with Gasteiger partial charge in [0, 0.05) is 44.2 Å². The largest absolute Gasteiger partial charge is 0.487 e. The second-order valence-corrected chi connectivity index (χ2v) is 17.4. The number of rotatable bonds is 2. The lowest BCUT2D eigenvalue weighted by Gasteiger charge is -2.50. The molecule has 0 spiro atoms. The smallest absolute Gasteiger partial charge is 0.264 e. The number of aliphatic hydroxyl groups is 1. The minimum atomic E-state index is -3.92. The predicted molar refractivity (Wildman–Crippen MR) is 186 cm³/mol. The Hall–Kier alpha value is -2.40. The molecule has 1 amide bonds. The Labute approximate surface area is 283 Å². The number of benzene rings is 2. The molecule has 8 nitrogen and oxygen atoms in total. The Morgan fingerprint density at radius 2 is 1.93 bits per heavy atom. The molecule has 6 rings (SSSR count). The number of carbonyl (C=O) groups excluding carboxylic acids is 1. The van der Waals surface area contributed by atoms with Gasteiger partial charge in [-0.05, 0) is 118 Å². The molecule has 5 atom stereocenters. The minimum absolute atomic E-state index is 0.0630. The molecule has 4 aliphatic rings. The third-order valence-electron chi connectivity index (χ3n) is 11.1. The summed E-state index contributed by atoms with van der Waals surface area (Å²) in [5.74, 6) is 0.248. The summed E-state index contributed by atoms with van der Waals surface area (Å²) in [7, 11) is -0.0847. The topological polar surface area (TPSA) is 99.2 Å². The summed E-state index contributed by atoms with van der Waals surface area (Å²) in [6, 6.07) is 11.1. The molecule has 2 aromatic rings. The third-order valence-corrected chi connectivity index (χ3v) is 14.0. The SMILES string of the molecule is CN(C)C(=S)C[C@@]1(O)CCC[C@@H]2C[C@@]2(C)S(=O)(=O)NC(=O)c2ccc3c(c2)N(CCCCc2cc(Cl)ccc2CO3)C[C@@H]2CC[C@H]21. The van der Waals surface area contributed by atoms with Crippen LogP contribution in [0.4, 0.5) is 5.69 Å². The first-order chi connectivity index (χ1) is 21.8. The van der Waals surface area contributed by atoms with Gasteiger partial charge in [0.25, 0.3) is 5.91 Å². The van der Waals surface area contributed by atoms with Gasteiger partial charge in [-0.25, -0.2) is 13.1 Å². The summed E-state index contributed by atoms with van der Waals surface area (Å²) in [6.45, 7) is 3.50. The van der Waals surface area contributed by atoms with Crippen LogP contribution in [0.1, 0.15) is 86.2 Å². The quantitative estimate of drug-likeness (QED) is 0.365. The molecule has 2 aliphatic heterocycles. The van der Waals surface area contributed by atoms with Crippen LogP contribution in [-0.4, -0.2) is 66.9 Å². The first-order valence-electron chi connectivity index (χ1n) is 16.6. The zero-order chi connectivity index (χ0) is 32.9. The molecule has 250 valence electrons. The van der Waals surface area contributed by atoms with Gasteiger partial charge >= 0.3 is 0 Å². The van der Waals surface area contributed by atoms with Crippen molar-refractivity contribution in [2.24, 2.45) is 17.8 Å². The fourth-order valence-corrected chi connectivity index (χ4v) is 9.82. The van der Waals surface area contributed by atoms with Crippen molar-refractivity contribution in [2.45, 2.75) is 88.1 Å². The summed E-state index contributed by atoms with van der Waals surface area (Å²) in [4.78, 5) is 18.4. The van der Waals surface area contributed by atoms with Crippen LogP contribution in [0.2, 0.25) is 5.02 Å². The molecular formula is C35H46ClN3O5S2. The maximum Gasteiger partial charge on any atom is 0.264 e. The number of anilines is 1. The summed E-state index contributed by atoms with van der Waals surface area (Å²) in [5, 5.41) is 13.1. The van der Waals surface area contributed by atoms with Gasteiger partial charge in [-0.3, -0.25) is 4.79 Å². The number of carbonyl (C=O) groups is 1. The van der Waals surface area contributed by atoms with Gasteiger partial charge in [-0.2, -0.15) is 0 Å². The van der Waals surface area contributed by atoms with E-state index < -0.39 is 26.3 Å². The van der Waals surface area contributed by atoms with Gasteiger partial charge in [0.1, 0.15) is 12.4 Å². The molecule has 2 fully saturated rings. The highest BCUT2D eigenvalue weighted by Crippen LogP contribution is 2.53. The maximum absolute atomic E-state index is 13.5. The first-order valence-corrected chi connectivity index (χ1v) is 18.8. The van der Waals surface area contributed by atoms with Crippen LogP contribution < -0.4 is 14.4 Å². The summed E-state index contributed by atoms with van der Waals surface area (Å²) in [6.07, 6.45) is 7.50. The average molecular weight is 688 g/mol. The monoisotopic (exact) mass is 687 g/mol. The van der Waals surface area contributed by atoms with Crippen molar-refractivity contribution < 1.29 is 23.1 Å². The van der Waals surface area contributed by atoms with Crippen molar-refractivity contribution in [3.63, 3.8) is 0 Å². The minimum Gasteiger partial charge on any atom is -0.487 e. The summed E-state index contributed by atoms with van der Waals surface area (Å²) in [5.41, 5.74) is 2.31. The molecule has 2 heterocycles. The molecule has 0 aromatic heterocycles. The molecule has 2 saturated carbocycles. The van der Waals surface area contributed by atoms with E-state index in [1.807, 2.05) is 37.2 Å². The van der Waals surface area contributed by atoms with Crippen molar-refractivity contribution in [2.75, 3.05) is 32.1 Å². The number of fused-ring (bicyclic) bond motifs is 4. The molecule has 2 bridgehead atoms. The Kier molecular flexibility index (Phi) is 9.39. The lowest BCUT2D eigenvalue weighted by Crippen LogP contribution is -2.52. The van der Waals surface area contributed by atoms with Crippen molar-refractivity contribution in [1.29, 1.82) is 0 Å². The molecule has 0 unspecified atom stereocenters. The molecule has 2 aromatic carbocycles. The second-order valence-electron chi connectivity index (χ2n) is 14.3. The fourth-order valence-electron chi connectivity index (χ4n) is 7.80. The Morgan fingerprint density at radius 3 is 2.67 bits per heavy atom. The maximum atomic E-state index is 13.5. The number of ether oxygens (including phenoxy) is 1. The van der Waals surface area contributed by atoms with Gasteiger partial charge in [0.2, 0.25) is 10.0 Å². The molecule has 2 aliphatic carbocycles. The normalized spacial score (nSPS) is 30.9. The van der Waals surface area contributed by atoms with Crippen molar-refractivity contribution in [3.8, 4) is 5.75 Å². The van der Waals surface area contributed by atoms with Gasteiger partial charge in [0.05, 0.1) is 21.0 Å². The summed E-state index contributed by atoms with van der Waals surface area (Å²) >= 11 is 12.1. The lowest BCUT2D eigenvalue weighted by molar-refractivity contribution is -0.0836. The molecule has 11 heteroatoms. The fraction of sp³-hybridized carbons (Fsp3) is 0.600. The Balaban J connectivity index is 1.39. The third kappa shape index (κ3) is 6.64. The van der Waals surface area contributed by atoms with Gasteiger partial charge in [-0.15, -0.1) is 0 Å². The van der Waals surface area contributed by atoms with Crippen LogP contribution in [-0.2, 0) is 23.1 Å². The molecule has 2 N–H and O–H groups in total. The van der Waals surface area contributed by atoms with E-state index >= 15 is 0 Å². The first kappa shape index (κ1) is 33.5. The zero-order valence-electron chi connectivity index (χ0n) is 27.1. The molecule has 0 saturated heterocycles. The number of aryl methyl sites for hydroxylation is 1. The number of nitrogens with zero attached hydrogens (tertiary/aromatic N) is 2. The second kappa shape index (κ2) is 12.9. The van der Waals surface area contributed by atoms with E-state index in [1.165, 1.54) is 5.56 Å². The van der Waals surface area contributed by atoms with Crippen LogP contribution in [0.5, 0.6) is 5.75 Å². The summed E-state index contributed by atoms with van der Waals surface area (Å²) < 4.78 is 34.9. The standard InChI is InChI=1S/C35H46ClN3O5S2/c1-34-19-27(34)8-6-15-35(41,20-32(45)38(2)3)29-13-10-25(29)21-39-16-5-4-7-23-17-28(36)12-9-26(23)22-44-31-14-11-24(18-30(31)39)33(40)37-46(34,42)43/h9,11-12,14,17-18,25,27,29,41H,4-8,10,13,15-16,19-22H2,1-3H3,(H,37,40)/t25-,27+,29+,34+,35-/m0/s1. The van der Waals surface area contributed by atoms with Gasteiger partial charge < -0.3 is 19.6 Å². The number of nitrogens with one attached hydrogen (secondary N) is 1. The number of hydrogen-bond acceptors (Lipinski definition) is 7. The van der Waals surface area contributed by atoms with E-state index in [0.717, 1.165) is 54.9 Å². The number of amides is 1. The van der Waals surface area contributed by atoms with Crippen LogP contribution >= 0.6 is 23.8 Å². The highest BCUT2D eigenvalue weighted by atomic mass is 35.5. The number of hydrogen-bond donors (Lipinski definition) is 2. The Morgan fingerprint density at radius 1 is 1.13 bits per heavy atom. The zero-order valence-corrected chi connectivity index (χ0v) is 29.4. The van der Waals surface area contributed by atoms with Crippen molar-refractivity contribution in [3.05, 3.63) is 58.1 Å². The van der Waals surface area contributed by atoms with E-state index in [2.05, 4.69) is 9.62 Å². The molecule has 46 heavy (non-hydrogen) atoms. The van der Waals surface area contributed by atoms with E-state index in [-0.39, 0.29) is 23.3 Å². The van der Waals surface area contributed by atoms with E-state index in [9.17, 15) is 18.3 Å². The van der Waals surface area contributed by atoms with Gasteiger partial charge in [0.15, 0.2) is 0 Å². The average Bonchev–Trinajstić information content (AvgIpc) is 3.66. The highest BCUT2D eigenvalue weighted by Gasteiger charge is 2.60. The number of sulfonamides is 1. The van der Waals surface area contributed by atoms with E-state index in [1.54, 1.807) is 25.1 Å². The number of halogens is 1. The van der Waals surface area contributed by atoms with Crippen LogP contribution in [0.3, 0.4) is 0 Å². The van der Waals surface area contributed by atoms with E-state index in [4.69, 9.17) is 28.6 Å². The predicted octanol–water partition coefficient (Wildman–Crippen LogP) is 6.12. The van der Waals surface area contributed by atoms with Gasteiger partial charge in [-0.1, -0.05) is 36.3 Å². The Bertz CT molecular complexity index is 1620.